The molecule has 0 spiro atoms. The minimum Gasteiger partial charge on any atom is -0.333 e. The molecule has 0 aliphatic rings. The highest BCUT2D eigenvalue weighted by molar-refractivity contribution is 6.04. The lowest BCUT2D eigenvalue weighted by atomic mass is 10.1. The zero-order valence-corrected chi connectivity index (χ0v) is 16.9. The van der Waals surface area contributed by atoms with E-state index in [4.69, 9.17) is 0 Å². The molecule has 5 heteroatoms. The molecule has 1 aromatic heterocycles. The second kappa shape index (κ2) is 8.74. The van der Waals surface area contributed by atoms with Crippen LogP contribution in [-0.4, -0.2) is 27.1 Å². The molecule has 1 heterocycles. The SMILES string of the molecule is CCCN(Cc1ccccc1)C(=O)c1nn(-c2ccccc2)c(=O)c2ccccc12. The Morgan fingerprint density at radius 3 is 2.13 bits per heavy atom. The number of hydrogen-bond acceptors (Lipinski definition) is 3. The number of carbonyl (C=O) groups is 1. The van der Waals surface area contributed by atoms with Crippen LogP contribution in [0.2, 0.25) is 0 Å². The highest BCUT2D eigenvalue weighted by Crippen LogP contribution is 2.18. The van der Waals surface area contributed by atoms with Gasteiger partial charge in [0.05, 0.1) is 11.1 Å². The molecule has 150 valence electrons. The molecule has 5 nitrogen and oxygen atoms in total. The van der Waals surface area contributed by atoms with Crippen molar-refractivity contribution in [3.05, 3.63) is 107 Å². The van der Waals surface area contributed by atoms with Crippen LogP contribution in [0.3, 0.4) is 0 Å². The first-order valence-electron chi connectivity index (χ1n) is 10.1. The quantitative estimate of drug-likeness (QED) is 0.483. The van der Waals surface area contributed by atoms with Gasteiger partial charge in [-0.05, 0) is 30.2 Å². The number of nitrogens with zero attached hydrogens (tertiary/aromatic N) is 3. The van der Waals surface area contributed by atoms with Gasteiger partial charge in [-0.3, -0.25) is 9.59 Å². The molecule has 4 rings (SSSR count). The maximum absolute atomic E-state index is 13.6. The molecule has 30 heavy (non-hydrogen) atoms. The molecule has 0 saturated carbocycles. The van der Waals surface area contributed by atoms with Gasteiger partial charge in [0.1, 0.15) is 0 Å². The summed E-state index contributed by atoms with van der Waals surface area (Å²) in [6, 6.07) is 26.3. The van der Waals surface area contributed by atoms with Gasteiger partial charge in [-0.25, -0.2) is 0 Å². The second-order valence-electron chi connectivity index (χ2n) is 7.16. The molecule has 0 N–H and O–H groups in total. The zero-order valence-electron chi connectivity index (χ0n) is 16.9. The second-order valence-corrected chi connectivity index (χ2v) is 7.16. The fourth-order valence-corrected chi connectivity index (χ4v) is 3.57. The van der Waals surface area contributed by atoms with Crippen LogP contribution < -0.4 is 5.56 Å². The van der Waals surface area contributed by atoms with E-state index >= 15 is 0 Å². The van der Waals surface area contributed by atoms with E-state index in [0.717, 1.165) is 12.0 Å². The standard InChI is InChI=1S/C25H23N3O2/c1-2-17-27(18-19-11-5-3-6-12-19)25(30)23-21-15-9-10-16-22(21)24(29)28(26-23)20-13-7-4-8-14-20/h3-16H,2,17-18H2,1H3. The molecule has 0 aliphatic carbocycles. The van der Waals surface area contributed by atoms with Crippen molar-refractivity contribution in [2.45, 2.75) is 19.9 Å². The summed E-state index contributed by atoms with van der Waals surface area (Å²) < 4.78 is 1.32. The fourth-order valence-electron chi connectivity index (χ4n) is 3.57. The third-order valence-electron chi connectivity index (χ3n) is 5.01. The maximum Gasteiger partial charge on any atom is 0.279 e. The van der Waals surface area contributed by atoms with E-state index in [1.165, 1.54) is 4.68 Å². The lowest BCUT2D eigenvalue weighted by molar-refractivity contribution is 0.0737. The monoisotopic (exact) mass is 397 g/mol. The van der Waals surface area contributed by atoms with E-state index in [1.807, 2.05) is 73.7 Å². The topological polar surface area (TPSA) is 55.2 Å². The highest BCUT2D eigenvalue weighted by Gasteiger charge is 2.22. The summed E-state index contributed by atoms with van der Waals surface area (Å²) in [5.41, 5.74) is 1.74. The molecule has 3 aromatic carbocycles. The van der Waals surface area contributed by atoms with Gasteiger partial charge in [0.15, 0.2) is 5.69 Å². The van der Waals surface area contributed by atoms with Crippen molar-refractivity contribution in [3.8, 4) is 5.69 Å². The predicted octanol–water partition coefficient (Wildman–Crippen LogP) is 4.44. The highest BCUT2D eigenvalue weighted by atomic mass is 16.2. The van der Waals surface area contributed by atoms with E-state index in [1.54, 1.807) is 23.1 Å². The number of para-hydroxylation sites is 1. The number of benzene rings is 3. The first-order chi connectivity index (χ1) is 14.7. The Hall–Kier alpha value is -3.73. The molecule has 4 aromatic rings. The molecule has 0 radical (unpaired) electrons. The van der Waals surface area contributed by atoms with Crippen LogP contribution >= 0.6 is 0 Å². The van der Waals surface area contributed by atoms with Crippen molar-refractivity contribution in [2.75, 3.05) is 6.54 Å². The van der Waals surface area contributed by atoms with Gasteiger partial charge in [0, 0.05) is 18.5 Å². The number of amides is 1. The molecule has 0 fully saturated rings. The van der Waals surface area contributed by atoms with Crippen LogP contribution in [0.25, 0.3) is 16.5 Å². The Kier molecular flexibility index (Phi) is 5.70. The average Bonchev–Trinajstić information content (AvgIpc) is 2.80. The molecule has 0 unspecified atom stereocenters. The summed E-state index contributed by atoms with van der Waals surface area (Å²) in [6.07, 6.45) is 0.828. The maximum atomic E-state index is 13.6. The van der Waals surface area contributed by atoms with Gasteiger partial charge in [-0.1, -0.05) is 73.7 Å². The largest absolute Gasteiger partial charge is 0.333 e. The van der Waals surface area contributed by atoms with E-state index in [-0.39, 0.29) is 11.5 Å². The molecule has 0 aliphatic heterocycles. The summed E-state index contributed by atoms with van der Waals surface area (Å²) in [5.74, 6) is -0.179. The van der Waals surface area contributed by atoms with Crippen LogP contribution in [0, 0.1) is 0 Å². The van der Waals surface area contributed by atoms with Crippen molar-refractivity contribution in [1.82, 2.24) is 14.7 Å². The first kappa shape index (κ1) is 19.6. The molecule has 1 amide bonds. The van der Waals surface area contributed by atoms with Gasteiger partial charge < -0.3 is 4.90 Å². The number of aromatic nitrogens is 2. The summed E-state index contributed by atoms with van der Waals surface area (Å²) in [5, 5.41) is 5.59. The van der Waals surface area contributed by atoms with E-state index in [2.05, 4.69) is 5.10 Å². The third-order valence-corrected chi connectivity index (χ3v) is 5.01. The lowest BCUT2D eigenvalue weighted by Gasteiger charge is -2.23. The van der Waals surface area contributed by atoms with Crippen LogP contribution in [0.15, 0.2) is 89.7 Å². The summed E-state index contributed by atoms with van der Waals surface area (Å²) in [4.78, 5) is 28.5. The lowest BCUT2D eigenvalue weighted by Crippen LogP contribution is -2.34. The van der Waals surface area contributed by atoms with Gasteiger partial charge in [-0.2, -0.15) is 9.78 Å². The molecular weight excluding hydrogens is 374 g/mol. The van der Waals surface area contributed by atoms with Crippen molar-refractivity contribution >= 4 is 16.7 Å². The minimum absolute atomic E-state index is 0.179. The third kappa shape index (κ3) is 3.87. The van der Waals surface area contributed by atoms with Crippen LogP contribution in [0.4, 0.5) is 0 Å². The zero-order chi connectivity index (χ0) is 20.9. The Balaban J connectivity index is 1.85. The van der Waals surface area contributed by atoms with Crippen LogP contribution in [-0.2, 0) is 6.54 Å². The Morgan fingerprint density at radius 2 is 1.47 bits per heavy atom. The fraction of sp³-hybridized carbons (Fsp3) is 0.160. The van der Waals surface area contributed by atoms with Gasteiger partial charge in [0.25, 0.3) is 11.5 Å². The molecule has 0 bridgehead atoms. The van der Waals surface area contributed by atoms with E-state index < -0.39 is 0 Å². The Labute approximate surface area is 175 Å². The average molecular weight is 397 g/mol. The van der Waals surface area contributed by atoms with E-state index in [0.29, 0.717) is 35.2 Å². The predicted molar refractivity (Wildman–Crippen MR) is 119 cm³/mol. The number of fused-ring (bicyclic) bond motifs is 1. The van der Waals surface area contributed by atoms with Crippen LogP contribution in [0.1, 0.15) is 29.4 Å². The molecule has 0 saturated heterocycles. The van der Waals surface area contributed by atoms with Crippen molar-refractivity contribution in [1.29, 1.82) is 0 Å². The first-order valence-corrected chi connectivity index (χ1v) is 10.1. The normalized spacial score (nSPS) is 10.8. The van der Waals surface area contributed by atoms with E-state index in [9.17, 15) is 9.59 Å². The number of hydrogen-bond donors (Lipinski definition) is 0. The Bertz CT molecular complexity index is 1220. The van der Waals surface area contributed by atoms with Crippen molar-refractivity contribution in [2.24, 2.45) is 0 Å². The summed E-state index contributed by atoms with van der Waals surface area (Å²) in [6.45, 7) is 3.14. The van der Waals surface area contributed by atoms with Crippen molar-refractivity contribution < 1.29 is 4.79 Å². The number of rotatable bonds is 6. The molecular formula is C25H23N3O2. The minimum atomic E-state index is -0.238. The van der Waals surface area contributed by atoms with Gasteiger partial charge >= 0.3 is 0 Å². The molecule has 0 atom stereocenters. The Morgan fingerprint density at radius 1 is 0.867 bits per heavy atom. The van der Waals surface area contributed by atoms with Crippen LogP contribution in [0.5, 0.6) is 0 Å². The number of carbonyl (C=O) groups excluding carboxylic acids is 1. The van der Waals surface area contributed by atoms with Gasteiger partial charge in [-0.15, -0.1) is 0 Å². The summed E-state index contributed by atoms with van der Waals surface area (Å²) >= 11 is 0. The smallest absolute Gasteiger partial charge is 0.279 e. The van der Waals surface area contributed by atoms with Crippen molar-refractivity contribution in [3.63, 3.8) is 0 Å². The summed E-state index contributed by atoms with van der Waals surface area (Å²) in [7, 11) is 0. The van der Waals surface area contributed by atoms with Gasteiger partial charge in [0.2, 0.25) is 0 Å².